The van der Waals surface area contributed by atoms with Crippen molar-refractivity contribution in [2.24, 2.45) is 0 Å². The van der Waals surface area contributed by atoms with E-state index < -0.39 is 6.61 Å². The van der Waals surface area contributed by atoms with Crippen LogP contribution in [0.4, 0.5) is 8.78 Å². The molecule has 0 spiro atoms. The molecule has 2 unspecified atom stereocenters. The lowest BCUT2D eigenvalue weighted by atomic mass is 10.00. The van der Waals surface area contributed by atoms with E-state index in [1.165, 1.54) is 24.3 Å². The molecule has 1 N–H and O–H groups in total. The topological polar surface area (TPSA) is 50.8 Å². The first-order valence-electron chi connectivity index (χ1n) is 8.41. The summed E-state index contributed by atoms with van der Waals surface area (Å²) in [5.74, 6) is -0.214. The number of benzene rings is 1. The number of carbonyl (C=O) groups is 1. The van der Waals surface area contributed by atoms with E-state index in [2.05, 4.69) is 28.8 Å². The number of nitrogens with zero attached hydrogens (tertiary/aromatic N) is 1. The highest BCUT2D eigenvalue weighted by Crippen LogP contribution is 2.21. The minimum absolute atomic E-state index is 0.0307. The van der Waals surface area contributed by atoms with Gasteiger partial charge in [-0.25, -0.2) is 0 Å². The van der Waals surface area contributed by atoms with Crippen LogP contribution < -0.4 is 10.1 Å². The molecule has 1 aliphatic rings. The maximum absolute atomic E-state index is 12.3. The van der Waals surface area contributed by atoms with Crippen LogP contribution in [0.25, 0.3) is 0 Å². The van der Waals surface area contributed by atoms with Crippen molar-refractivity contribution in [1.82, 2.24) is 10.2 Å². The van der Waals surface area contributed by atoms with E-state index in [1.807, 2.05) is 13.8 Å². The van der Waals surface area contributed by atoms with Crippen LogP contribution in [0.2, 0.25) is 0 Å². The van der Waals surface area contributed by atoms with Crippen LogP contribution in [-0.2, 0) is 4.74 Å². The zero-order valence-electron chi connectivity index (χ0n) is 15.1. The molecule has 1 aliphatic heterocycles. The molecular formula is C18H26F2N2O3. The van der Waals surface area contributed by atoms with Gasteiger partial charge in [0, 0.05) is 30.7 Å². The van der Waals surface area contributed by atoms with Gasteiger partial charge in [-0.3, -0.25) is 9.69 Å². The predicted octanol–water partition coefficient (Wildman–Crippen LogP) is 2.91. The highest BCUT2D eigenvalue weighted by Gasteiger charge is 2.33. The van der Waals surface area contributed by atoms with Gasteiger partial charge in [-0.2, -0.15) is 8.78 Å². The molecule has 7 heteroatoms. The second-order valence-corrected chi connectivity index (χ2v) is 7.06. The van der Waals surface area contributed by atoms with E-state index in [0.717, 1.165) is 13.1 Å². The summed E-state index contributed by atoms with van der Waals surface area (Å²) >= 11 is 0. The van der Waals surface area contributed by atoms with Crippen molar-refractivity contribution in [3.05, 3.63) is 29.8 Å². The minimum Gasteiger partial charge on any atom is -0.435 e. The molecule has 1 fully saturated rings. The van der Waals surface area contributed by atoms with Crippen LogP contribution in [0.15, 0.2) is 24.3 Å². The van der Waals surface area contributed by atoms with E-state index in [4.69, 9.17) is 4.74 Å². The molecule has 1 aromatic carbocycles. The van der Waals surface area contributed by atoms with Gasteiger partial charge in [0.1, 0.15) is 5.75 Å². The molecule has 0 saturated carbocycles. The zero-order chi connectivity index (χ0) is 18.6. The monoisotopic (exact) mass is 356 g/mol. The Bertz CT molecular complexity index is 568. The van der Waals surface area contributed by atoms with Gasteiger partial charge < -0.3 is 14.8 Å². The van der Waals surface area contributed by atoms with E-state index in [-0.39, 0.29) is 29.4 Å². The fourth-order valence-electron chi connectivity index (χ4n) is 2.97. The van der Waals surface area contributed by atoms with Crippen molar-refractivity contribution in [1.29, 1.82) is 0 Å². The maximum Gasteiger partial charge on any atom is 0.387 e. The first-order valence-corrected chi connectivity index (χ1v) is 8.41. The molecule has 1 aromatic rings. The number of alkyl halides is 2. The lowest BCUT2D eigenvalue weighted by molar-refractivity contribution is -0.0948. The molecule has 1 heterocycles. The Balaban J connectivity index is 1.91. The Morgan fingerprint density at radius 3 is 2.36 bits per heavy atom. The highest BCUT2D eigenvalue weighted by molar-refractivity contribution is 5.94. The van der Waals surface area contributed by atoms with Crippen LogP contribution in [0, 0.1) is 0 Å². The minimum atomic E-state index is -2.88. The summed E-state index contributed by atoms with van der Waals surface area (Å²) in [6.45, 7) is 7.47. The molecule has 2 rings (SSSR count). The number of nitrogens with one attached hydrogen (secondary N) is 1. The smallest absolute Gasteiger partial charge is 0.387 e. The van der Waals surface area contributed by atoms with Gasteiger partial charge in [0.25, 0.3) is 5.91 Å². The fraction of sp³-hybridized carbons (Fsp3) is 0.611. The Kier molecular flexibility index (Phi) is 6.35. The first-order chi connectivity index (χ1) is 11.7. The van der Waals surface area contributed by atoms with Crippen LogP contribution in [0.5, 0.6) is 5.75 Å². The molecule has 0 bridgehead atoms. The van der Waals surface area contributed by atoms with Gasteiger partial charge in [-0.15, -0.1) is 0 Å². The molecule has 1 amide bonds. The van der Waals surface area contributed by atoms with Crippen molar-refractivity contribution in [3.63, 3.8) is 0 Å². The average molecular weight is 356 g/mol. The average Bonchev–Trinajstić information content (AvgIpc) is 2.52. The van der Waals surface area contributed by atoms with Crippen LogP contribution in [0.1, 0.15) is 38.1 Å². The van der Waals surface area contributed by atoms with E-state index >= 15 is 0 Å². The molecule has 1 saturated heterocycles. The van der Waals surface area contributed by atoms with Gasteiger partial charge in [0.15, 0.2) is 0 Å². The zero-order valence-corrected chi connectivity index (χ0v) is 15.1. The summed E-state index contributed by atoms with van der Waals surface area (Å²) < 4.78 is 34.3. The van der Waals surface area contributed by atoms with Crippen molar-refractivity contribution in [2.75, 3.05) is 19.6 Å². The van der Waals surface area contributed by atoms with Crippen molar-refractivity contribution in [3.8, 4) is 5.75 Å². The van der Waals surface area contributed by atoms with E-state index in [9.17, 15) is 13.6 Å². The Hall–Kier alpha value is -1.73. The lowest BCUT2D eigenvalue weighted by Crippen LogP contribution is -2.58. The van der Waals surface area contributed by atoms with E-state index in [0.29, 0.717) is 12.1 Å². The Morgan fingerprint density at radius 2 is 1.84 bits per heavy atom. The van der Waals surface area contributed by atoms with E-state index in [1.54, 1.807) is 0 Å². The standard InChI is InChI=1S/C18H26F2N2O3/c1-12-9-22(10-13(2)24-12)18(3,4)11-21-16(23)14-5-7-15(8-6-14)25-17(19)20/h5-8,12-13,17H,9-11H2,1-4H3,(H,21,23). The number of morpholine rings is 1. The lowest BCUT2D eigenvalue weighted by Gasteiger charge is -2.45. The van der Waals surface area contributed by atoms with Crippen molar-refractivity contribution in [2.45, 2.75) is 52.1 Å². The number of carbonyl (C=O) groups excluding carboxylic acids is 1. The van der Waals surface area contributed by atoms with Crippen molar-refractivity contribution >= 4 is 5.91 Å². The summed E-state index contributed by atoms with van der Waals surface area (Å²) in [5, 5.41) is 2.92. The summed E-state index contributed by atoms with van der Waals surface area (Å²) in [7, 11) is 0. The van der Waals surface area contributed by atoms with Gasteiger partial charge in [0.05, 0.1) is 12.2 Å². The molecule has 0 radical (unpaired) electrons. The largest absolute Gasteiger partial charge is 0.435 e. The molecule has 5 nitrogen and oxygen atoms in total. The Morgan fingerprint density at radius 1 is 1.28 bits per heavy atom. The SMILES string of the molecule is CC1CN(C(C)(C)CNC(=O)c2ccc(OC(F)F)cc2)CC(C)O1. The molecule has 2 atom stereocenters. The number of hydrogen-bond donors (Lipinski definition) is 1. The fourth-order valence-corrected chi connectivity index (χ4v) is 2.97. The number of hydrogen-bond acceptors (Lipinski definition) is 4. The maximum atomic E-state index is 12.3. The first kappa shape index (κ1) is 19.6. The molecule has 0 aromatic heterocycles. The molecule has 25 heavy (non-hydrogen) atoms. The summed E-state index contributed by atoms with van der Waals surface area (Å²) in [5.41, 5.74) is 0.182. The second-order valence-electron chi connectivity index (χ2n) is 7.06. The molecular weight excluding hydrogens is 330 g/mol. The number of amides is 1. The number of halogens is 2. The van der Waals surface area contributed by atoms with Gasteiger partial charge in [-0.05, 0) is 52.0 Å². The second kappa shape index (κ2) is 8.10. The molecule has 140 valence electrons. The Labute approximate surface area is 147 Å². The summed E-state index contributed by atoms with van der Waals surface area (Å²) in [4.78, 5) is 14.6. The predicted molar refractivity (Wildman–Crippen MR) is 91.1 cm³/mol. The van der Waals surface area contributed by atoms with Crippen LogP contribution >= 0.6 is 0 Å². The van der Waals surface area contributed by atoms with Gasteiger partial charge in [0.2, 0.25) is 0 Å². The summed E-state index contributed by atoms with van der Waals surface area (Å²) in [6, 6.07) is 5.66. The normalized spacial score (nSPS) is 22.0. The third kappa shape index (κ3) is 5.64. The van der Waals surface area contributed by atoms with Crippen molar-refractivity contribution < 1.29 is 23.0 Å². The van der Waals surface area contributed by atoms with Gasteiger partial charge >= 0.3 is 6.61 Å². The summed E-state index contributed by atoms with van der Waals surface area (Å²) in [6.07, 6.45) is 0.308. The third-order valence-electron chi connectivity index (χ3n) is 4.30. The quantitative estimate of drug-likeness (QED) is 0.852. The number of ether oxygens (including phenoxy) is 2. The van der Waals surface area contributed by atoms with Gasteiger partial charge in [-0.1, -0.05) is 0 Å². The highest BCUT2D eigenvalue weighted by atomic mass is 19.3. The molecule has 0 aliphatic carbocycles. The third-order valence-corrected chi connectivity index (χ3v) is 4.30. The number of rotatable bonds is 6. The van der Waals surface area contributed by atoms with Crippen LogP contribution in [-0.4, -0.2) is 54.8 Å². The van der Waals surface area contributed by atoms with Crippen LogP contribution in [0.3, 0.4) is 0 Å².